The summed E-state index contributed by atoms with van der Waals surface area (Å²) in [6, 6.07) is 26.4. The summed E-state index contributed by atoms with van der Waals surface area (Å²) >= 11 is 0. The van der Waals surface area contributed by atoms with E-state index < -0.39 is 40.5 Å². The van der Waals surface area contributed by atoms with Gasteiger partial charge in [-0.25, -0.2) is 0 Å². The first-order valence-corrected chi connectivity index (χ1v) is 18.8. The van der Waals surface area contributed by atoms with E-state index in [1.807, 2.05) is 27.7 Å². The van der Waals surface area contributed by atoms with E-state index in [1.165, 1.54) is 0 Å². The van der Waals surface area contributed by atoms with E-state index in [9.17, 15) is 15.0 Å². The third kappa shape index (κ3) is 8.02. The van der Waals surface area contributed by atoms with Crippen molar-refractivity contribution >= 4 is 11.8 Å². The van der Waals surface area contributed by atoms with Crippen LogP contribution in [-0.4, -0.2) is 67.5 Å². The monoisotopic (exact) mass is 752 g/mol. The predicted molar refractivity (Wildman–Crippen MR) is 212 cm³/mol. The molecule has 0 aliphatic heterocycles. The van der Waals surface area contributed by atoms with E-state index in [2.05, 4.69) is 0 Å². The van der Waals surface area contributed by atoms with E-state index in [1.54, 1.807) is 130 Å². The molecule has 1 aliphatic carbocycles. The molecule has 10 heteroatoms. The molecule has 4 aromatic carbocycles. The summed E-state index contributed by atoms with van der Waals surface area (Å²) in [7, 11) is 6.28. The van der Waals surface area contributed by atoms with Crippen LogP contribution in [0.3, 0.4) is 0 Å². The lowest BCUT2D eigenvalue weighted by Gasteiger charge is -2.53. The van der Waals surface area contributed by atoms with Crippen molar-refractivity contribution in [2.45, 2.75) is 76.7 Å². The van der Waals surface area contributed by atoms with Crippen molar-refractivity contribution in [1.29, 1.82) is 0 Å². The number of nitrogens with zero attached hydrogens (tertiary/aromatic N) is 1. The van der Waals surface area contributed by atoms with Crippen LogP contribution in [0.25, 0.3) is 0 Å². The van der Waals surface area contributed by atoms with E-state index in [0.29, 0.717) is 45.3 Å². The molecule has 0 aromatic heterocycles. The standard InChI is InChI=1S/C45H56N2O8/c1-29(2)27-39(44(50,31-9-17-35(52-5)18-10-31)32-11-19-36(53-6)20-12-32)47(42(49)43(25-26-43)41(46)48)40(28-30(3)4)45(51,33-13-21-37(54-7)22-14-33)34-15-23-38(55-8)24-16-34/h9-24,29-30,39-40,50-51H,25-28H2,1-8H3,(H2,46,48). The van der Waals surface area contributed by atoms with Crippen LogP contribution >= 0.6 is 0 Å². The average molecular weight is 753 g/mol. The van der Waals surface area contributed by atoms with Gasteiger partial charge in [0.1, 0.15) is 39.6 Å². The Balaban J connectivity index is 1.91. The Morgan fingerprint density at radius 1 is 0.582 bits per heavy atom. The van der Waals surface area contributed by atoms with Gasteiger partial charge in [-0.1, -0.05) is 76.2 Å². The summed E-state index contributed by atoms with van der Waals surface area (Å²) in [4.78, 5) is 30.7. The number of hydrogen-bond donors (Lipinski definition) is 3. The molecule has 0 radical (unpaired) electrons. The highest BCUT2D eigenvalue weighted by molar-refractivity contribution is 6.07. The molecule has 0 heterocycles. The lowest BCUT2D eigenvalue weighted by Crippen LogP contribution is -2.65. The van der Waals surface area contributed by atoms with Crippen LogP contribution in [0, 0.1) is 17.3 Å². The number of carbonyl (C=O) groups excluding carboxylic acids is 2. The van der Waals surface area contributed by atoms with Gasteiger partial charge in [-0.3, -0.25) is 9.59 Å². The maximum Gasteiger partial charge on any atom is 0.239 e. The second-order valence-electron chi connectivity index (χ2n) is 15.4. The molecule has 1 fully saturated rings. The van der Waals surface area contributed by atoms with Crippen LogP contribution in [0.4, 0.5) is 0 Å². The second-order valence-corrected chi connectivity index (χ2v) is 15.4. The summed E-state index contributed by atoms with van der Waals surface area (Å²) in [6.45, 7) is 8.09. The van der Waals surface area contributed by atoms with Crippen LogP contribution in [0.2, 0.25) is 0 Å². The van der Waals surface area contributed by atoms with Crippen LogP contribution in [0.15, 0.2) is 97.1 Å². The van der Waals surface area contributed by atoms with Gasteiger partial charge >= 0.3 is 0 Å². The number of rotatable bonds is 18. The number of amides is 2. The summed E-state index contributed by atoms with van der Waals surface area (Å²) < 4.78 is 22.0. The fraction of sp³-hybridized carbons (Fsp3) is 0.422. The first kappa shape index (κ1) is 41.1. The van der Waals surface area contributed by atoms with Crippen molar-refractivity contribution in [2.75, 3.05) is 28.4 Å². The summed E-state index contributed by atoms with van der Waals surface area (Å²) in [5, 5.41) is 27.5. The van der Waals surface area contributed by atoms with Crippen molar-refractivity contribution in [3.05, 3.63) is 119 Å². The Bertz CT molecular complexity index is 1670. The largest absolute Gasteiger partial charge is 0.497 e. The second kappa shape index (κ2) is 16.8. The minimum absolute atomic E-state index is 0.0678. The van der Waals surface area contributed by atoms with E-state index >= 15 is 4.79 Å². The minimum atomic E-state index is -1.89. The van der Waals surface area contributed by atoms with E-state index in [0.717, 1.165) is 0 Å². The highest BCUT2D eigenvalue weighted by Gasteiger charge is 2.62. The molecule has 0 bridgehead atoms. The number of ether oxygens (including phenoxy) is 4. The third-order valence-electron chi connectivity index (χ3n) is 11.0. The number of nitrogens with two attached hydrogens (primary N) is 1. The number of carbonyl (C=O) groups is 2. The van der Waals surface area contributed by atoms with Gasteiger partial charge in [0.25, 0.3) is 0 Å². The normalized spacial score (nSPS) is 14.9. The number of methoxy groups -OCH3 is 4. The molecule has 4 aromatic rings. The van der Waals surface area contributed by atoms with E-state index in [-0.39, 0.29) is 37.5 Å². The molecule has 5 rings (SSSR count). The first-order valence-electron chi connectivity index (χ1n) is 18.8. The Morgan fingerprint density at radius 3 is 1.02 bits per heavy atom. The molecule has 294 valence electrons. The smallest absolute Gasteiger partial charge is 0.239 e. The van der Waals surface area contributed by atoms with Gasteiger partial charge in [-0.15, -0.1) is 0 Å². The van der Waals surface area contributed by atoms with Crippen LogP contribution in [-0.2, 0) is 20.8 Å². The third-order valence-corrected chi connectivity index (χ3v) is 11.0. The predicted octanol–water partition coefficient (Wildman–Crippen LogP) is 6.82. The van der Waals surface area contributed by atoms with Crippen LogP contribution in [0.1, 0.15) is 75.6 Å². The van der Waals surface area contributed by atoms with Crippen LogP contribution in [0.5, 0.6) is 23.0 Å². The highest BCUT2D eigenvalue weighted by atomic mass is 16.5. The molecule has 2 atom stereocenters. The molecule has 0 saturated heterocycles. The Labute approximate surface area is 325 Å². The number of benzene rings is 4. The zero-order valence-corrected chi connectivity index (χ0v) is 33.2. The van der Waals surface area contributed by atoms with Gasteiger partial charge in [-0.2, -0.15) is 0 Å². The Kier molecular flexibility index (Phi) is 12.5. The lowest BCUT2D eigenvalue weighted by molar-refractivity contribution is -0.163. The quantitative estimate of drug-likeness (QED) is 0.0942. The molecule has 1 aliphatic rings. The fourth-order valence-electron chi connectivity index (χ4n) is 7.79. The Morgan fingerprint density at radius 2 is 0.836 bits per heavy atom. The molecule has 0 spiro atoms. The van der Waals surface area contributed by atoms with Gasteiger partial charge < -0.3 is 39.8 Å². The number of aliphatic hydroxyl groups is 2. The van der Waals surface area contributed by atoms with E-state index in [4.69, 9.17) is 24.7 Å². The molecular weight excluding hydrogens is 697 g/mol. The van der Waals surface area contributed by atoms with Crippen molar-refractivity contribution in [3.8, 4) is 23.0 Å². The molecule has 1 saturated carbocycles. The maximum atomic E-state index is 15.7. The zero-order chi connectivity index (χ0) is 40.1. The van der Waals surface area contributed by atoms with Gasteiger partial charge in [0.05, 0.1) is 40.5 Å². The zero-order valence-electron chi connectivity index (χ0n) is 33.2. The van der Waals surface area contributed by atoms with Crippen molar-refractivity contribution in [2.24, 2.45) is 23.0 Å². The average Bonchev–Trinajstić information content (AvgIpc) is 4.02. The van der Waals surface area contributed by atoms with Crippen molar-refractivity contribution in [3.63, 3.8) is 0 Å². The molecular formula is C45H56N2O8. The highest BCUT2D eigenvalue weighted by Crippen LogP contribution is 2.52. The summed E-state index contributed by atoms with van der Waals surface area (Å²) in [5.74, 6) is 0.957. The molecule has 55 heavy (non-hydrogen) atoms. The summed E-state index contributed by atoms with van der Waals surface area (Å²) in [5.41, 5.74) is 2.78. The molecule has 10 nitrogen and oxygen atoms in total. The van der Waals surface area contributed by atoms with Gasteiger partial charge in [0.2, 0.25) is 11.8 Å². The first-order chi connectivity index (χ1) is 26.2. The summed E-state index contributed by atoms with van der Waals surface area (Å²) in [6.07, 6.45) is 1.08. The van der Waals surface area contributed by atoms with Crippen molar-refractivity contribution in [1.82, 2.24) is 4.90 Å². The molecule has 2 amide bonds. The Hall–Kier alpha value is -5.06. The van der Waals surface area contributed by atoms with Gasteiger partial charge in [-0.05, 0) is 108 Å². The van der Waals surface area contributed by atoms with Gasteiger partial charge in [0, 0.05) is 0 Å². The minimum Gasteiger partial charge on any atom is -0.497 e. The maximum absolute atomic E-state index is 15.7. The number of hydrogen-bond acceptors (Lipinski definition) is 8. The topological polar surface area (TPSA) is 141 Å². The van der Waals surface area contributed by atoms with Crippen LogP contribution < -0.4 is 24.7 Å². The van der Waals surface area contributed by atoms with Crippen molar-refractivity contribution < 1.29 is 38.7 Å². The lowest BCUT2D eigenvalue weighted by atomic mass is 9.71. The SMILES string of the molecule is COc1ccc(C(O)(c2ccc(OC)cc2)C(CC(C)C)N(C(=O)C2(C(N)=O)CC2)C(CC(C)C)C(O)(c2ccc(OC)cc2)c2ccc(OC)cc2)cc1. The molecule has 4 N–H and O–H groups in total. The molecule has 2 unspecified atom stereocenters. The fourth-order valence-corrected chi connectivity index (χ4v) is 7.79. The van der Waals surface area contributed by atoms with Gasteiger partial charge in [0.15, 0.2) is 0 Å². The number of primary amides is 1.